The zero-order chi connectivity index (χ0) is 21.2. The molecule has 5 heteroatoms. The van der Waals surface area contributed by atoms with Crippen molar-refractivity contribution in [1.29, 1.82) is 0 Å². The van der Waals surface area contributed by atoms with E-state index in [2.05, 4.69) is 69.1 Å². The van der Waals surface area contributed by atoms with E-state index in [0.29, 0.717) is 17.8 Å². The molecule has 1 aliphatic carbocycles. The lowest BCUT2D eigenvalue weighted by molar-refractivity contribution is -0.144. The van der Waals surface area contributed by atoms with Gasteiger partial charge in [-0.15, -0.1) is 0 Å². The molecule has 4 nitrogen and oxygen atoms in total. The molecule has 2 fully saturated rings. The maximum absolute atomic E-state index is 12.2. The average molecular weight is 418 g/mol. The first kappa shape index (κ1) is 22.5. The fourth-order valence-corrected chi connectivity index (χ4v) is 6.36. The number of carboxylic acid groups (broad SMARTS) is 1. The van der Waals surface area contributed by atoms with Crippen LogP contribution in [0.15, 0.2) is 30.3 Å². The number of rotatable bonds is 8. The van der Waals surface area contributed by atoms with E-state index >= 15 is 0 Å². The molecule has 1 aromatic rings. The Morgan fingerprint density at radius 1 is 1.21 bits per heavy atom. The highest BCUT2D eigenvalue weighted by Crippen LogP contribution is 2.43. The van der Waals surface area contributed by atoms with Crippen LogP contribution in [-0.4, -0.2) is 50.3 Å². The Hall–Kier alpha value is -1.17. The Labute approximate surface area is 178 Å². The van der Waals surface area contributed by atoms with Crippen molar-refractivity contribution in [3.63, 3.8) is 0 Å². The van der Waals surface area contributed by atoms with Crippen molar-refractivity contribution in [2.75, 3.05) is 13.1 Å². The van der Waals surface area contributed by atoms with E-state index in [-0.39, 0.29) is 17.6 Å². The summed E-state index contributed by atoms with van der Waals surface area (Å²) in [6.45, 7) is 12.9. The standard InChI is InChI=1S/C24H39NO3Si/c1-24(2,3)22(28-29(4)5)20-16-25(15-19(20)18-12-7-6-8-13-18)21(23(26)27)14-17-10-9-11-17/h6-8,12-13,17,19-22,29H,9-11,14-16H2,1-5H3,(H,26,27)/t19-,20+,21-,22?/m1/s1. The molecule has 0 spiro atoms. The van der Waals surface area contributed by atoms with Crippen molar-refractivity contribution >= 4 is 15.0 Å². The van der Waals surface area contributed by atoms with Crippen LogP contribution in [0.3, 0.4) is 0 Å². The molecule has 2 aliphatic rings. The quantitative estimate of drug-likeness (QED) is 0.620. The van der Waals surface area contributed by atoms with Crippen LogP contribution in [0.2, 0.25) is 13.1 Å². The van der Waals surface area contributed by atoms with E-state index in [0.717, 1.165) is 19.5 Å². The maximum atomic E-state index is 12.2. The first-order valence-corrected chi connectivity index (χ1v) is 14.1. The molecule has 29 heavy (non-hydrogen) atoms. The Balaban J connectivity index is 1.89. The minimum absolute atomic E-state index is 0.0255. The number of hydrogen-bond acceptors (Lipinski definition) is 3. The van der Waals surface area contributed by atoms with E-state index in [4.69, 9.17) is 4.43 Å². The van der Waals surface area contributed by atoms with Gasteiger partial charge in [0.15, 0.2) is 9.04 Å². The lowest BCUT2D eigenvalue weighted by Gasteiger charge is -2.39. The lowest BCUT2D eigenvalue weighted by Crippen LogP contribution is -2.45. The number of carboxylic acids is 1. The largest absolute Gasteiger partial charge is 0.480 e. The maximum Gasteiger partial charge on any atom is 0.320 e. The first-order chi connectivity index (χ1) is 13.7. The summed E-state index contributed by atoms with van der Waals surface area (Å²) >= 11 is 0. The molecular formula is C24H39NO3Si. The van der Waals surface area contributed by atoms with Gasteiger partial charge in [-0.3, -0.25) is 9.69 Å². The Morgan fingerprint density at radius 3 is 2.34 bits per heavy atom. The van der Waals surface area contributed by atoms with Crippen LogP contribution in [0.5, 0.6) is 0 Å². The molecule has 1 saturated heterocycles. The number of carbonyl (C=O) groups is 1. The highest BCUT2D eigenvalue weighted by Gasteiger charge is 2.46. The molecule has 1 unspecified atom stereocenters. The van der Waals surface area contributed by atoms with E-state index in [1.165, 1.54) is 24.8 Å². The van der Waals surface area contributed by atoms with Crippen molar-refractivity contribution in [2.24, 2.45) is 17.3 Å². The summed E-state index contributed by atoms with van der Waals surface area (Å²) in [6.07, 6.45) is 4.57. The van der Waals surface area contributed by atoms with Crippen molar-refractivity contribution in [3.8, 4) is 0 Å². The minimum atomic E-state index is -1.22. The second kappa shape index (κ2) is 9.32. The third-order valence-electron chi connectivity index (χ3n) is 6.79. The highest BCUT2D eigenvalue weighted by molar-refractivity contribution is 6.48. The highest BCUT2D eigenvalue weighted by atomic mass is 28.3. The number of aliphatic carboxylic acids is 1. The fourth-order valence-electron chi connectivity index (χ4n) is 5.17. The summed E-state index contributed by atoms with van der Waals surface area (Å²) in [5.74, 6) is 0.561. The molecule has 1 saturated carbocycles. The van der Waals surface area contributed by atoms with Crippen molar-refractivity contribution < 1.29 is 14.3 Å². The lowest BCUT2D eigenvalue weighted by atomic mass is 9.75. The smallest absolute Gasteiger partial charge is 0.320 e. The first-order valence-electron chi connectivity index (χ1n) is 11.3. The van der Waals surface area contributed by atoms with Gasteiger partial charge in [-0.05, 0) is 36.4 Å². The van der Waals surface area contributed by atoms with Crippen LogP contribution < -0.4 is 0 Å². The van der Waals surface area contributed by atoms with Crippen LogP contribution in [0.25, 0.3) is 0 Å². The Morgan fingerprint density at radius 2 is 1.86 bits per heavy atom. The second-order valence-corrected chi connectivity index (χ2v) is 12.9. The monoisotopic (exact) mass is 417 g/mol. The van der Waals surface area contributed by atoms with Crippen LogP contribution in [0.1, 0.15) is 57.9 Å². The van der Waals surface area contributed by atoms with E-state index < -0.39 is 15.0 Å². The van der Waals surface area contributed by atoms with Gasteiger partial charge in [0.1, 0.15) is 6.04 Å². The van der Waals surface area contributed by atoms with Gasteiger partial charge in [0.25, 0.3) is 0 Å². The topological polar surface area (TPSA) is 49.8 Å². The molecule has 0 radical (unpaired) electrons. The normalized spacial score (nSPS) is 25.7. The predicted molar refractivity (Wildman–Crippen MR) is 121 cm³/mol. The van der Waals surface area contributed by atoms with Crippen LogP contribution in [0.4, 0.5) is 0 Å². The third kappa shape index (κ3) is 5.50. The molecule has 1 heterocycles. The molecule has 162 valence electrons. The van der Waals surface area contributed by atoms with Gasteiger partial charge in [0.05, 0.1) is 6.10 Å². The van der Waals surface area contributed by atoms with Crippen LogP contribution in [-0.2, 0) is 9.22 Å². The molecule has 4 atom stereocenters. The molecule has 0 bridgehead atoms. The molecule has 0 amide bonds. The molecule has 1 aliphatic heterocycles. The summed E-state index contributed by atoms with van der Waals surface area (Å²) in [5.41, 5.74) is 1.34. The fraction of sp³-hybridized carbons (Fsp3) is 0.708. The van der Waals surface area contributed by atoms with E-state index in [1.54, 1.807) is 0 Å². The van der Waals surface area contributed by atoms with Gasteiger partial charge in [-0.25, -0.2) is 0 Å². The van der Waals surface area contributed by atoms with Crippen LogP contribution >= 0.6 is 0 Å². The van der Waals surface area contributed by atoms with Crippen molar-refractivity contribution in [2.45, 2.75) is 77.6 Å². The van der Waals surface area contributed by atoms with Gasteiger partial charge in [-0.1, -0.05) is 70.4 Å². The van der Waals surface area contributed by atoms with Gasteiger partial charge >= 0.3 is 5.97 Å². The van der Waals surface area contributed by atoms with Gasteiger partial charge < -0.3 is 9.53 Å². The zero-order valence-corrected chi connectivity index (χ0v) is 20.0. The molecule has 0 aromatic heterocycles. The van der Waals surface area contributed by atoms with E-state index in [9.17, 15) is 9.90 Å². The number of nitrogens with zero attached hydrogens (tertiary/aromatic N) is 1. The molecule has 1 N–H and O–H groups in total. The summed E-state index contributed by atoms with van der Waals surface area (Å²) < 4.78 is 6.62. The molecule has 1 aromatic carbocycles. The predicted octanol–water partition coefficient (Wildman–Crippen LogP) is 4.76. The number of benzene rings is 1. The van der Waals surface area contributed by atoms with Gasteiger partial charge in [0, 0.05) is 24.9 Å². The Kier molecular flexibility index (Phi) is 7.23. The summed E-state index contributed by atoms with van der Waals surface area (Å²) in [6, 6.07) is 10.3. The summed E-state index contributed by atoms with van der Waals surface area (Å²) in [7, 11) is -1.22. The minimum Gasteiger partial charge on any atom is -0.480 e. The number of hydrogen-bond donors (Lipinski definition) is 1. The van der Waals surface area contributed by atoms with Crippen molar-refractivity contribution in [1.82, 2.24) is 4.90 Å². The van der Waals surface area contributed by atoms with Crippen molar-refractivity contribution in [3.05, 3.63) is 35.9 Å². The molecular weight excluding hydrogens is 378 g/mol. The third-order valence-corrected chi connectivity index (χ3v) is 7.63. The summed E-state index contributed by atoms with van der Waals surface area (Å²) in [5, 5.41) is 10.0. The zero-order valence-electron chi connectivity index (χ0n) is 18.8. The van der Waals surface area contributed by atoms with Gasteiger partial charge in [0.2, 0.25) is 0 Å². The van der Waals surface area contributed by atoms with E-state index in [1.807, 2.05) is 0 Å². The van der Waals surface area contributed by atoms with Crippen LogP contribution in [0, 0.1) is 17.3 Å². The number of likely N-dealkylation sites (tertiary alicyclic amines) is 1. The Bertz CT molecular complexity index is 668. The molecule has 3 rings (SSSR count). The summed E-state index contributed by atoms with van der Waals surface area (Å²) in [4.78, 5) is 14.4. The van der Waals surface area contributed by atoms with Gasteiger partial charge in [-0.2, -0.15) is 0 Å². The second-order valence-electron chi connectivity index (χ2n) is 10.5. The SMILES string of the molecule is C[SiH](C)OC([C@H]1CN([C@H](CC2CCC2)C(=O)O)C[C@@H]1c1ccccc1)C(C)(C)C. The average Bonchev–Trinajstić information content (AvgIpc) is 3.02.